The van der Waals surface area contributed by atoms with E-state index in [1.165, 1.54) is 0 Å². The number of hydrogen-bond donors (Lipinski definition) is 2. The van der Waals surface area contributed by atoms with Crippen molar-refractivity contribution in [2.45, 2.75) is 25.4 Å². The highest BCUT2D eigenvalue weighted by Gasteiger charge is 2.35. The molecule has 116 valence electrons. The van der Waals surface area contributed by atoms with E-state index in [2.05, 4.69) is 22.5 Å². The third kappa shape index (κ3) is 4.15. The first-order valence-corrected chi connectivity index (χ1v) is 7.30. The lowest BCUT2D eigenvalue weighted by Crippen LogP contribution is -2.45. The van der Waals surface area contributed by atoms with Crippen molar-refractivity contribution in [3.05, 3.63) is 24.0 Å². The van der Waals surface area contributed by atoms with E-state index in [9.17, 15) is 4.79 Å². The zero-order chi connectivity index (χ0) is 15.1. The number of anilines is 1. The van der Waals surface area contributed by atoms with Crippen molar-refractivity contribution in [2.75, 3.05) is 38.7 Å². The summed E-state index contributed by atoms with van der Waals surface area (Å²) in [6, 6.07) is 3.61. The van der Waals surface area contributed by atoms with E-state index >= 15 is 0 Å². The van der Waals surface area contributed by atoms with Crippen molar-refractivity contribution in [3.63, 3.8) is 0 Å². The lowest BCUT2D eigenvalue weighted by Gasteiger charge is -2.25. The van der Waals surface area contributed by atoms with Crippen LogP contribution in [0.2, 0.25) is 0 Å². The van der Waals surface area contributed by atoms with Gasteiger partial charge in [-0.05, 0) is 18.6 Å². The third-order valence-electron chi connectivity index (χ3n) is 3.64. The average molecular weight is 293 g/mol. The van der Waals surface area contributed by atoms with E-state index in [1.54, 1.807) is 19.4 Å². The van der Waals surface area contributed by atoms with E-state index in [0.29, 0.717) is 25.5 Å². The molecular weight excluding hydrogens is 270 g/mol. The van der Waals surface area contributed by atoms with Gasteiger partial charge in [-0.2, -0.15) is 0 Å². The van der Waals surface area contributed by atoms with Gasteiger partial charge in [-0.1, -0.05) is 6.92 Å². The van der Waals surface area contributed by atoms with Crippen LogP contribution in [0.25, 0.3) is 0 Å². The first-order chi connectivity index (χ1) is 10.2. The topological polar surface area (TPSA) is 72.5 Å². The van der Waals surface area contributed by atoms with Gasteiger partial charge in [0.15, 0.2) is 0 Å². The number of rotatable bonds is 7. The summed E-state index contributed by atoms with van der Waals surface area (Å²) in [6.45, 7) is 4.56. The molecular formula is C15H23N3O3. The maximum atomic E-state index is 12.2. The second-order valence-corrected chi connectivity index (χ2v) is 5.23. The fraction of sp³-hybridized carbons (Fsp3) is 0.600. The van der Waals surface area contributed by atoms with Gasteiger partial charge in [0, 0.05) is 45.1 Å². The fourth-order valence-electron chi connectivity index (χ4n) is 2.23. The summed E-state index contributed by atoms with van der Waals surface area (Å²) in [5, 5.41) is 6.12. The second-order valence-electron chi connectivity index (χ2n) is 5.23. The van der Waals surface area contributed by atoms with Gasteiger partial charge in [0.1, 0.15) is 11.3 Å². The summed E-state index contributed by atoms with van der Waals surface area (Å²) < 4.78 is 10.8. The summed E-state index contributed by atoms with van der Waals surface area (Å²) in [5.74, 6) is -0.196. The molecule has 0 aliphatic carbocycles. The zero-order valence-corrected chi connectivity index (χ0v) is 12.6. The Morgan fingerprint density at radius 3 is 3.10 bits per heavy atom. The van der Waals surface area contributed by atoms with Gasteiger partial charge in [-0.3, -0.25) is 9.78 Å². The van der Waals surface area contributed by atoms with E-state index in [4.69, 9.17) is 9.47 Å². The number of pyridine rings is 1. The lowest BCUT2D eigenvalue weighted by molar-refractivity contribution is -0.0149. The highest BCUT2D eigenvalue weighted by Crippen LogP contribution is 2.21. The standard InChI is InChI=1S/C15H23N3O3/c1-3-6-16-12-4-7-17-13(9-12)14(19)18-10-15(20-2)5-8-21-11-15/h4,7,9H,3,5-6,8,10-11H2,1-2H3,(H,16,17)(H,18,19). The molecule has 1 aromatic heterocycles. The predicted octanol–water partition coefficient (Wildman–Crippen LogP) is 1.44. The summed E-state index contributed by atoms with van der Waals surface area (Å²) in [6.07, 6.45) is 3.45. The van der Waals surface area contributed by atoms with Gasteiger partial charge in [-0.25, -0.2) is 0 Å². The first-order valence-electron chi connectivity index (χ1n) is 7.30. The summed E-state index contributed by atoms with van der Waals surface area (Å²) in [5.41, 5.74) is 0.900. The van der Waals surface area contributed by atoms with Crippen molar-refractivity contribution >= 4 is 11.6 Å². The van der Waals surface area contributed by atoms with Crippen LogP contribution in [0.3, 0.4) is 0 Å². The molecule has 1 fully saturated rings. The van der Waals surface area contributed by atoms with Crippen LogP contribution in [0.15, 0.2) is 18.3 Å². The number of amides is 1. The lowest BCUT2D eigenvalue weighted by atomic mass is 10.0. The van der Waals surface area contributed by atoms with Crippen molar-refractivity contribution in [2.24, 2.45) is 0 Å². The Morgan fingerprint density at radius 1 is 1.57 bits per heavy atom. The molecule has 0 saturated carbocycles. The van der Waals surface area contributed by atoms with Crippen LogP contribution >= 0.6 is 0 Å². The number of nitrogens with zero attached hydrogens (tertiary/aromatic N) is 1. The molecule has 6 heteroatoms. The first kappa shape index (κ1) is 15.7. The number of methoxy groups -OCH3 is 1. The van der Waals surface area contributed by atoms with Gasteiger partial charge in [0.25, 0.3) is 5.91 Å². The Bertz CT molecular complexity index is 473. The van der Waals surface area contributed by atoms with Crippen LogP contribution in [-0.2, 0) is 9.47 Å². The number of aromatic nitrogens is 1. The predicted molar refractivity (Wildman–Crippen MR) is 80.5 cm³/mol. The quantitative estimate of drug-likeness (QED) is 0.796. The largest absolute Gasteiger partial charge is 0.385 e. The molecule has 1 amide bonds. The van der Waals surface area contributed by atoms with Crippen molar-refractivity contribution in [1.29, 1.82) is 0 Å². The molecule has 1 atom stereocenters. The van der Waals surface area contributed by atoms with E-state index in [0.717, 1.165) is 25.1 Å². The molecule has 2 N–H and O–H groups in total. The highest BCUT2D eigenvalue weighted by molar-refractivity contribution is 5.93. The Balaban J connectivity index is 1.93. The molecule has 0 spiro atoms. The zero-order valence-electron chi connectivity index (χ0n) is 12.6. The molecule has 1 aromatic rings. The smallest absolute Gasteiger partial charge is 0.270 e. The van der Waals surface area contributed by atoms with Gasteiger partial charge < -0.3 is 20.1 Å². The van der Waals surface area contributed by atoms with Gasteiger partial charge in [-0.15, -0.1) is 0 Å². The molecule has 0 aromatic carbocycles. The number of hydrogen-bond acceptors (Lipinski definition) is 5. The SMILES string of the molecule is CCCNc1ccnc(C(=O)NCC2(OC)CCOC2)c1. The minimum atomic E-state index is -0.409. The molecule has 21 heavy (non-hydrogen) atoms. The van der Waals surface area contributed by atoms with Gasteiger partial charge in [0.2, 0.25) is 0 Å². The number of nitrogens with one attached hydrogen (secondary N) is 2. The molecule has 1 saturated heterocycles. The fourth-order valence-corrected chi connectivity index (χ4v) is 2.23. The Labute approximate surface area is 125 Å². The molecule has 6 nitrogen and oxygen atoms in total. The van der Waals surface area contributed by atoms with Crippen molar-refractivity contribution in [3.8, 4) is 0 Å². The number of ether oxygens (including phenoxy) is 2. The normalized spacial score (nSPS) is 21.2. The van der Waals surface area contributed by atoms with Crippen LogP contribution in [0.1, 0.15) is 30.3 Å². The molecule has 2 rings (SSSR count). The molecule has 0 bridgehead atoms. The monoisotopic (exact) mass is 293 g/mol. The van der Waals surface area contributed by atoms with E-state index in [1.807, 2.05) is 6.07 Å². The van der Waals surface area contributed by atoms with Crippen LogP contribution in [-0.4, -0.2) is 49.9 Å². The molecule has 0 radical (unpaired) electrons. The minimum Gasteiger partial charge on any atom is -0.385 e. The summed E-state index contributed by atoms with van der Waals surface area (Å²) >= 11 is 0. The number of carbonyl (C=O) groups is 1. The summed E-state index contributed by atoms with van der Waals surface area (Å²) in [4.78, 5) is 16.3. The number of carbonyl (C=O) groups excluding carboxylic acids is 1. The van der Waals surface area contributed by atoms with Crippen molar-refractivity contribution < 1.29 is 14.3 Å². The second kappa shape index (κ2) is 7.38. The summed E-state index contributed by atoms with van der Waals surface area (Å²) in [7, 11) is 1.65. The van der Waals surface area contributed by atoms with E-state index < -0.39 is 5.60 Å². The molecule has 1 aliphatic heterocycles. The van der Waals surface area contributed by atoms with Gasteiger partial charge in [0.05, 0.1) is 6.61 Å². The van der Waals surface area contributed by atoms with Crippen LogP contribution in [0, 0.1) is 0 Å². The maximum Gasteiger partial charge on any atom is 0.270 e. The highest BCUT2D eigenvalue weighted by atomic mass is 16.5. The van der Waals surface area contributed by atoms with Gasteiger partial charge >= 0.3 is 0 Å². The van der Waals surface area contributed by atoms with Crippen LogP contribution in [0.4, 0.5) is 5.69 Å². The molecule has 1 unspecified atom stereocenters. The third-order valence-corrected chi connectivity index (χ3v) is 3.64. The Kier molecular flexibility index (Phi) is 5.52. The maximum absolute atomic E-state index is 12.2. The van der Waals surface area contributed by atoms with Crippen LogP contribution in [0.5, 0.6) is 0 Å². The van der Waals surface area contributed by atoms with Crippen molar-refractivity contribution in [1.82, 2.24) is 10.3 Å². The Morgan fingerprint density at radius 2 is 2.43 bits per heavy atom. The minimum absolute atomic E-state index is 0.196. The molecule has 2 heterocycles. The average Bonchev–Trinajstić information content (AvgIpc) is 3.00. The van der Waals surface area contributed by atoms with E-state index in [-0.39, 0.29) is 5.91 Å². The van der Waals surface area contributed by atoms with Crippen LogP contribution < -0.4 is 10.6 Å². The Hall–Kier alpha value is -1.66. The molecule has 1 aliphatic rings.